The van der Waals surface area contributed by atoms with Crippen molar-refractivity contribution in [3.63, 3.8) is 0 Å². The van der Waals surface area contributed by atoms with Crippen LogP contribution in [0.1, 0.15) is 17.3 Å². The molecule has 1 saturated heterocycles. The molecule has 8 nitrogen and oxygen atoms in total. The van der Waals surface area contributed by atoms with E-state index in [1.807, 2.05) is 0 Å². The molecule has 31 heavy (non-hydrogen) atoms. The minimum absolute atomic E-state index is 0.00513. The van der Waals surface area contributed by atoms with Crippen molar-refractivity contribution in [2.75, 3.05) is 39.4 Å². The second-order valence-electron chi connectivity index (χ2n) is 6.85. The summed E-state index contributed by atoms with van der Waals surface area (Å²) in [5.74, 6) is -0.250. The number of hydrogen-bond acceptors (Lipinski definition) is 6. The van der Waals surface area contributed by atoms with E-state index < -0.39 is 16.0 Å². The maximum absolute atomic E-state index is 12.9. The smallest absolute Gasteiger partial charge is 0.338 e. The Balaban J connectivity index is 1.58. The van der Waals surface area contributed by atoms with Crippen LogP contribution in [0.2, 0.25) is 5.02 Å². The molecule has 0 radical (unpaired) electrons. The topological polar surface area (TPSA) is 93.2 Å². The van der Waals surface area contributed by atoms with Gasteiger partial charge in [0.25, 0.3) is 0 Å². The number of piperazine rings is 1. The van der Waals surface area contributed by atoms with Crippen molar-refractivity contribution in [1.29, 1.82) is 0 Å². The summed E-state index contributed by atoms with van der Waals surface area (Å²) in [4.78, 5) is 25.4. The Kier molecular flexibility index (Phi) is 7.53. The normalized spacial score (nSPS) is 14.8. The zero-order valence-corrected chi connectivity index (χ0v) is 18.6. The average Bonchev–Trinajstić information content (AvgIpc) is 2.77. The van der Waals surface area contributed by atoms with Gasteiger partial charge in [-0.1, -0.05) is 29.8 Å². The lowest BCUT2D eigenvalue weighted by Gasteiger charge is -2.33. The molecule has 1 aliphatic heterocycles. The van der Waals surface area contributed by atoms with E-state index in [-0.39, 0.29) is 42.7 Å². The van der Waals surface area contributed by atoms with Crippen LogP contribution in [-0.4, -0.2) is 68.9 Å². The maximum atomic E-state index is 12.9. The fourth-order valence-corrected chi connectivity index (χ4v) is 4.77. The Morgan fingerprint density at radius 1 is 1.00 bits per heavy atom. The molecule has 1 fully saturated rings. The van der Waals surface area contributed by atoms with E-state index in [0.29, 0.717) is 23.9 Å². The summed E-state index contributed by atoms with van der Waals surface area (Å²) in [5.41, 5.74) is 0.126. The highest BCUT2D eigenvalue weighted by atomic mass is 35.5. The van der Waals surface area contributed by atoms with Crippen molar-refractivity contribution >= 4 is 33.5 Å². The summed E-state index contributed by atoms with van der Waals surface area (Å²) < 4.78 is 37.8. The molecule has 0 atom stereocenters. The van der Waals surface area contributed by atoms with Gasteiger partial charge in [0, 0.05) is 33.1 Å². The first-order valence-corrected chi connectivity index (χ1v) is 11.5. The fraction of sp³-hybridized carbons (Fsp3) is 0.333. The number of benzene rings is 2. The van der Waals surface area contributed by atoms with Gasteiger partial charge >= 0.3 is 5.97 Å². The Morgan fingerprint density at radius 2 is 1.71 bits per heavy atom. The molecule has 2 aromatic rings. The zero-order chi connectivity index (χ0) is 22.4. The number of carbonyl (C=O) groups is 2. The second-order valence-corrected chi connectivity index (χ2v) is 9.20. The van der Waals surface area contributed by atoms with Crippen molar-refractivity contribution < 1.29 is 27.5 Å². The molecular weight excluding hydrogens is 444 g/mol. The zero-order valence-electron chi connectivity index (χ0n) is 17.0. The van der Waals surface area contributed by atoms with E-state index >= 15 is 0 Å². The predicted octanol–water partition coefficient (Wildman–Crippen LogP) is 2.43. The van der Waals surface area contributed by atoms with Crippen molar-refractivity contribution in [1.82, 2.24) is 9.21 Å². The van der Waals surface area contributed by atoms with Crippen LogP contribution in [0.25, 0.3) is 0 Å². The van der Waals surface area contributed by atoms with Gasteiger partial charge in [-0.15, -0.1) is 0 Å². The van der Waals surface area contributed by atoms with Crippen molar-refractivity contribution in [2.24, 2.45) is 0 Å². The molecule has 0 aliphatic carbocycles. The number of ether oxygens (including phenoxy) is 2. The van der Waals surface area contributed by atoms with Gasteiger partial charge in [0.05, 0.1) is 15.5 Å². The molecule has 1 heterocycles. The summed E-state index contributed by atoms with van der Waals surface area (Å²) in [5, 5.41) is 0.455. The lowest BCUT2D eigenvalue weighted by atomic mass is 10.2. The lowest BCUT2D eigenvalue weighted by molar-refractivity contribution is -0.129. The number of carbonyl (C=O) groups excluding carboxylic acids is 2. The number of sulfonamides is 1. The third-order valence-electron chi connectivity index (χ3n) is 4.80. The summed E-state index contributed by atoms with van der Waals surface area (Å²) in [6, 6.07) is 12.7. The SMILES string of the molecule is CC(=O)N1CCN(S(=O)(=O)c2cccc(C(=O)OCCOc3ccccc3Cl)c2)CC1. The van der Waals surface area contributed by atoms with Crippen LogP contribution in [-0.2, 0) is 19.6 Å². The van der Waals surface area contributed by atoms with E-state index in [0.717, 1.165) is 0 Å². The Morgan fingerprint density at radius 3 is 2.39 bits per heavy atom. The van der Waals surface area contributed by atoms with E-state index in [9.17, 15) is 18.0 Å². The quantitative estimate of drug-likeness (QED) is 0.459. The Hall–Kier alpha value is -2.62. The highest BCUT2D eigenvalue weighted by Crippen LogP contribution is 2.23. The van der Waals surface area contributed by atoms with Gasteiger partial charge < -0.3 is 14.4 Å². The van der Waals surface area contributed by atoms with Gasteiger partial charge in [-0.05, 0) is 30.3 Å². The molecule has 0 unspecified atom stereocenters. The van der Waals surface area contributed by atoms with Crippen LogP contribution in [0.3, 0.4) is 0 Å². The van der Waals surface area contributed by atoms with Crippen LogP contribution in [0.5, 0.6) is 5.75 Å². The molecule has 10 heteroatoms. The van der Waals surface area contributed by atoms with Crippen LogP contribution in [0, 0.1) is 0 Å². The second kappa shape index (κ2) is 10.1. The van der Waals surface area contributed by atoms with Crippen LogP contribution < -0.4 is 4.74 Å². The average molecular weight is 467 g/mol. The molecule has 0 bridgehead atoms. The van der Waals surface area contributed by atoms with Crippen molar-refractivity contribution in [2.45, 2.75) is 11.8 Å². The van der Waals surface area contributed by atoms with Gasteiger partial charge in [0.2, 0.25) is 15.9 Å². The molecule has 2 aromatic carbocycles. The number of hydrogen-bond donors (Lipinski definition) is 0. The minimum Gasteiger partial charge on any atom is -0.488 e. The lowest BCUT2D eigenvalue weighted by Crippen LogP contribution is -2.49. The highest BCUT2D eigenvalue weighted by Gasteiger charge is 2.29. The summed E-state index contributed by atoms with van der Waals surface area (Å²) >= 11 is 6.00. The third kappa shape index (κ3) is 5.75. The van der Waals surface area contributed by atoms with E-state index in [2.05, 4.69) is 0 Å². The summed E-state index contributed by atoms with van der Waals surface area (Å²) in [6.45, 7) is 2.62. The molecule has 1 aliphatic rings. The molecule has 166 valence electrons. The monoisotopic (exact) mass is 466 g/mol. The first-order chi connectivity index (χ1) is 14.8. The standard InChI is InChI=1S/C21H23ClN2O6S/c1-16(25)23-9-11-24(12-10-23)31(27,28)18-6-4-5-17(15-18)21(26)30-14-13-29-20-8-3-2-7-19(20)22/h2-8,15H,9-14H2,1H3. The number of para-hydroxylation sites is 1. The van der Waals surface area contributed by atoms with E-state index in [4.69, 9.17) is 21.1 Å². The van der Waals surface area contributed by atoms with Gasteiger partial charge in [-0.3, -0.25) is 4.79 Å². The van der Waals surface area contributed by atoms with Gasteiger partial charge in [0.1, 0.15) is 19.0 Å². The first kappa shape index (κ1) is 23.1. The Labute approximate surface area is 186 Å². The minimum atomic E-state index is -3.78. The van der Waals surface area contributed by atoms with Gasteiger partial charge in [-0.25, -0.2) is 13.2 Å². The maximum Gasteiger partial charge on any atom is 0.338 e. The van der Waals surface area contributed by atoms with E-state index in [1.165, 1.54) is 35.5 Å². The van der Waals surface area contributed by atoms with Crippen LogP contribution in [0.4, 0.5) is 0 Å². The number of rotatable bonds is 7. The summed E-state index contributed by atoms with van der Waals surface area (Å²) in [7, 11) is -3.78. The number of amides is 1. The number of esters is 1. The fourth-order valence-electron chi connectivity index (χ4n) is 3.11. The molecule has 0 saturated carbocycles. The molecule has 1 amide bonds. The molecular formula is C21H23ClN2O6S. The predicted molar refractivity (Wildman–Crippen MR) is 115 cm³/mol. The number of halogens is 1. The number of nitrogens with zero attached hydrogens (tertiary/aromatic N) is 2. The Bertz CT molecular complexity index is 1050. The van der Waals surface area contributed by atoms with E-state index in [1.54, 1.807) is 29.2 Å². The first-order valence-electron chi connectivity index (χ1n) is 9.69. The van der Waals surface area contributed by atoms with Crippen LogP contribution >= 0.6 is 11.6 Å². The molecule has 0 aromatic heterocycles. The van der Waals surface area contributed by atoms with Crippen molar-refractivity contribution in [3.05, 3.63) is 59.1 Å². The molecule has 3 rings (SSSR count). The highest BCUT2D eigenvalue weighted by molar-refractivity contribution is 7.89. The third-order valence-corrected chi connectivity index (χ3v) is 7.01. The summed E-state index contributed by atoms with van der Waals surface area (Å²) in [6.07, 6.45) is 0. The largest absolute Gasteiger partial charge is 0.488 e. The van der Waals surface area contributed by atoms with Gasteiger partial charge in [0.15, 0.2) is 0 Å². The van der Waals surface area contributed by atoms with Crippen molar-refractivity contribution in [3.8, 4) is 5.75 Å². The van der Waals surface area contributed by atoms with Gasteiger partial charge in [-0.2, -0.15) is 4.31 Å². The molecule has 0 N–H and O–H groups in total. The molecule has 0 spiro atoms. The van der Waals surface area contributed by atoms with Crippen LogP contribution in [0.15, 0.2) is 53.4 Å².